The summed E-state index contributed by atoms with van der Waals surface area (Å²) in [5, 5.41) is 3.72. The van der Waals surface area contributed by atoms with E-state index in [9.17, 15) is 0 Å². The Labute approximate surface area is 126 Å². The van der Waals surface area contributed by atoms with Gasteiger partial charge in [0.05, 0.1) is 0 Å². The smallest absolute Gasteiger partial charge is 0.0359 e. The van der Waals surface area contributed by atoms with Crippen LogP contribution in [0.4, 0.5) is 0 Å². The highest BCUT2D eigenvalue weighted by Crippen LogP contribution is 2.39. The summed E-state index contributed by atoms with van der Waals surface area (Å²) in [6.45, 7) is 7.82. The van der Waals surface area contributed by atoms with Crippen LogP contribution < -0.4 is 5.32 Å². The molecule has 19 heavy (non-hydrogen) atoms. The average molecular weight is 324 g/mol. The highest BCUT2D eigenvalue weighted by atomic mass is 79.9. The molecule has 1 aromatic carbocycles. The molecule has 1 aromatic rings. The second-order valence-electron chi connectivity index (χ2n) is 6.08. The molecule has 1 atom stereocenters. The Morgan fingerprint density at radius 1 is 1.26 bits per heavy atom. The third-order valence-electron chi connectivity index (χ3n) is 4.44. The molecule has 1 aliphatic carbocycles. The summed E-state index contributed by atoms with van der Waals surface area (Å²) in [4.78, 5) is 0. The lowest BCUT2D eigenvalue weighted by atomic mass is 9.77. The molecule has 0 radical (unpaired) electrons. The van der Waals surface area contributed by atoms with E-state index in [1.165, 1.54) is 41.3 Å². The van der Waals surface area contributed by atoms with Crippen molar-refractivity contribution in [3.05, 3.63) is 33.8 Å². The first-order chi connectivity index (χ1) is 9.11. The van der Waals surface area contributed by atoms with Crippen molar-refractivity contribution in [2.45, 2.75) is 52.5 Å². The number of nitrogens with one attached hydrogen (secondary N) is 1. The van der Waals surface area contributed by atoms with E-state index in [1.807, 2.05) is 0 Å². The lowest BCUT2D eigenvalue weighted by Gasteiger charge is -2.34. The zero-order valence-corrected chi connectivity index (χ0v) is 14.0. The predicted octanol–water partition coefficient (Wildman–Crippen LogP) is 5.23. The van der Waals surface area contributed by atoms with E-state index in [4.69, 9.17) is 0 Å². The quantitative estimate of drug-likeness (QED) is 0.799. The highest BCUT2D eigenvalue weighted by Gasteiger charge is 2.27. The fraction of sp³-hybridized carbons (Fsp3) is 0.647. The summed E-state index contributed by atoms with van der Waals surface area (Å²) in [6.07, 6.45) is 5.49. The summed E-state index contributed by atoms with van der Waals surface area (Å²) in [5.74, 6) is 1.70. The highest BCUT2D eigenvalue weighted by molar-refractivity contribution is 9.10. The van der Waals surface area contributed by atoms with Crippen molar-refractivity contribution in [1.82, 2.24) is 5.32 Å². The third-order valence-corrected chi connectivity index (χ3v) is 5.16. The molecule has 1 N–H and O–H groups in total. The molecule has 0 bridgehead atoms. The molecule has 1 nitrogen and oxygen atoms in total. The fourth-order valence-electron chi connectivity index (χ4n) is 3.27. The van der Waals surface area contributed by atoms with Crippen LogP contribution >= 0.6 is 15.9 Å². The molecular formula is C17H26BrN. The Hall–Kier alpha value is -0.340. The zero-order chi connectivity index (χ0) is 13.8. The number of hydrogen-bond acceptors (Lipinski definition) is 1. The molecule has 106 valence electrons. The third kappa shape index (κ3) is 3.82. The van der Waals surface area contributed by atoms with Crippen LogP contribution in [0, 0.1) is 18.8 Å². The maximum Gasteiger partial charge on any atom is 0.0359 e. The van der Waals surface area contributed by atoms with Gasteiger partial charge in [-0.15, -0.1) is 0 Å². The first kappa shape index (κ1) is 15.1. The minimum atomic E-state index is 0.506. The van der Waals surface area contributed by atoms with Gasteiger partial charge >= 0.3 is 0 Å². The summed E-state index contributed by atoms with van der Waals surface area (Å²) < 4.78 is 1.25. The largest absolute Gasteiger partial charge is 0.310 e. The molecule has 0 aromatic heterocycles. The minimum Gasteiger partial charge on any atom is -0.310 e. The number of rotatable bonds is 4. The normalized spacial score (nSPS) is 25.3. The van der Waals surface area contributed by atoms with Crippen molar-refractivity contribution in [3.8, 4) is 0 Å². The second-order valence-corrected chi connectivity index (χ2v) is 6.93. The van der Waals surface area contributed by atoms with Gasteiger partial charge in [-0.1, -0.05) is 60.3 Å². The molecule has 0 saturated heterocycles. The predicted molar refractivity (Wildman–Crippen MR) is 86.4 cm³/mol. The Kier molecular flexibility index (Phi) is 5.47. The summed E-state index contributed by atoms with van der Waals surface area (Å²) in [5.41, 5.74) is 2.80. The van der Waals surface area contributed by atoms with Crippen LogP contribution in [0.3, 0.4) is 0 Å². The van der Waals surface area contributed by atoms with Crippen LogP contribution in [0.5, 0.6) is 0 Å². The molecule has 1 saturated carbocycles. The number of halogens is 1. The fourth-order valence-corrected chi connectivity index (χ4v) is 3.76. The summed E-state index contributed by atoms with van der Waals surface area (Å²) in [6, 6.07) is 7.22. The van der Waals surface area contributed by atoms with Gasteiger partial charge in [0, 0.05) is 10.5 Å². The number of benzene rings is 1. The minimum absolute atomic E-state index is 0.506. The number of hydrogen-bond donors (Lipinski definition) is 1. The maximum absolute atomic E-state index is 3.74. The van der Waals surface area contributed by atoms with E-state index < -0.39 is 0 Å². The topological polar surface area (TPSA) is 12.0 Å². The van der Waals surface area contributed by atoms with Crippen LogP contribution in [0.15, 0.2) is 22.7 Å². The van der Waals surface area contributed by atoms with Crippen LogP contribution in [0.1, 0.15) is 56.7 Å². The van der Waals surface area contributed by atoms with Gasteiger partial charge in [0.25, 0.3) is 0 Å². The van der Waals surface area contributed by atoms with Gasteiger partial charge in [-0.2, -0.15) is 0 Å². The first-order valence-electron chi connectivity index (χ1n) is 7.61. The zero-order valence-electron chi connectivity index (χ0n) is 12.4. The Bertz CT molecular complexity index is 408. The van der Waals surface area contributed by atoms with Crippen molar-refractivity contribution in [2.75, 3.05) is 6.54 Å². The Balaban J connectivity index is 2.21. The lowest BCUT2D eigenvalue weighted by Crippen LogP contribution is -2.31. The van der Waals surface area contributed by atoms with Gasteiger partial charge in [-0.05, 0) is 49.8 Å². The van der Waals surface area contributed by atoms with Gasteiger partial charge in [0.15, 0.2) is 0 Å². The van der Waals surface area contributed by atoms with Crippen LogP contribution in [0.2, 0.25) is 0 Å². The molecule has 2 rings (SSSR count). The Morgan fingerprint density at radius 2 is 1.95 bits per heavy atom. The van der Waals surface area contributed by atoms with E-state index in [1.54, 1.807) is 0 Å². The molecule has 1 aliphatic rings. The van der Waals surface area contributed by atoms with E-state index in [2.05, 4.69) is 60.2 Å². The van der Waals surface area contributed by atoms with Gasteiger partial charge < -0.3 is 5.32 Å². The summed E-state index contributed by atoms with van der Waals surface area (Å²) >= 11 is 3.74. The van der Waals surface area contributed by atoms with Gasteiger partial charge in [-0.25, -0.2) is 0 Å². The molecular weight excluding hydrogens is 298 g/mol. The van der Waals surface area contributed by atoms with Crippen molar-refractivity contribution in [2.24, 2.45) is 11.8 Å². The number of aryl methyl sites for hydroxylation is 1. The average Bonchev–Trinajstić information content (AvgIpc) is 2.40. The van der Waals surface area contributed by atoms with Crippen LogP contribution in [-0.2, 0) is 0 Å². The van der Waals surface area contributed by atoms with E-state index in [0.29, 0.717) is 6.04 Å². The van der Waals surface area contributed by atoms with E-state index in [-0.39, 0.29) is 0 Å². The standard InChI is InChI=1S/C17H26BrN/c1-4-19-17(14-8-5-12(2)6-9-14)15-11-13(3)7-10-16(15)18/h7,10-12,14,17,19H,4-6,8-9H2,1-3H3. The molecule has 0 heterocycles. The van der Waals surface area contributed by atoms with Gasteiger partial charge in [0.2, 0.25) is 0 Å². The monoisotopic (exact) mass is 323 g/mol. The SMILES string of the molecule is CCNC(c1cc(C)ccc1Br)C1CCC(C)CC1. The summed E-state index contributed by atoms with van der Waals surface area (Å²) in [7, 11) is 0. The van der Waals surface area contributed by atoms with Crippen molar-refractivity contribution in [3.63, 3.8) is 0 Å². The Morgan fingerprint density at radius 3 is 2.58 bits per heavy atom. The van der Waals surface area contributed by atoms with Crippen molar-refractivity contribution < 1.29 is 0 Å². The molecule has 0 aliphatic heterocycles. The maximum atomic E-state index is 3.74. The molecule has 2 heteroatoms. The van der Waals surface area contributed by atoms with Crippen LogP contribution in [-0.4, -0.2) is 6.54 Å². The van der Waals surface area contributed by atoms with Gasteiger partial charge in [-0.3, -0.25) is 0 Å². The first-order valence-corrected chi connectivity index (χ1v) is 8.40. The van der Waals surface area contributed by atoms with Crippen LogP contribution in [0.25, 0.3) is 0 Å². The van der Waals surface area contributed by atoms with E-state index >= 15 is 0 Å². The second kappa shape index (κ2) is 6.90. The van der Waals surface area contributed by atoms with Gasteiger partial charge in [0.1, 0.15) is 0 Å². The lowest BCUT2D eigenvalue weighted by molar-refractivity contribution is 0.232. The van der Waals surface area contributed by atoms with E-state index in [0.717, 1.165) is 18.4 Å². The molecule has 0 amide bonds. The molecule has 1 unspecified atom stereocenters. The van der Waals surface area contributed by atoms with Crippen molar-refractivity contribution >= 4 is 15.9 Å². The van der Waals surface area contributed by atoms with Crippen molar-refractivity contribution in [1.29, 1.82) is 0 Å². The molecule has 0 spiro atoms. The molecule has 1 fully saturated rings.